The van der Waals surface area contributed by atoms with Crippen LogP contribution in [0, 0.1) is 5.92 Å². The van der Waals surface area contributed by atoms with E-state index in [4.69, 9.17) is 9.47 Å². The molecule has 1 aliphatic heterocycles. The van der Waals surface area contributed by atoms with Crippen LogP contribution in [0.1, 0.15) is 38.9 Å². The third kappa shape index (κ3) is 2.45. The van der Waals surface area contributed by atoms with Gasteiger partial charge in [0, 0.05) is 5.92 Å². The summed E-state index contributed by atoms with van der Waals surface area (Å²) in [7, 11) is 0. The lowest BCUT2D eigenvalue weighted by molar-refractivity contribution is -0.296. The Labute approximate surface area is 97.6 Å². The Bertz CT molecular complexity index is 332. The molecule has 0 spiro atoms. The molecule has 2 heteroatoms. The lowest BCUT2D eigenvalue weighted by Gasteiger charge is -2.41. The predicted octanol–water partition coefficient (Wildman–Crippen LogP) is 3.54. The van der Waals surface area contributed by atoms with Crippen LogP contribution in [0.2, 0.25) is 0 Å². The quantitative estimate of drug-likeness (QED) is 0.759. The molecule has 1 aliphatic rings. The van der Waals surface area contributed by atoms with Gasteiger partial charge >= 0.3 is 0 Å². The minimum Gasteiger partial charge on any atom is -0.350 e. The van der Waals surface area contributed by atoms with Crippen LogP contribution in [-0.4, -0.2) is 12.4 Å². The van der Waals surface area contributed by atoms with Crippen molar-refractivity contribution >= 4 is 0 Å². The summed E-state index contributed by atoms with van der Waals surface area (Å²) in [5, 5.41) is 0. The largest absolute Gasteiger partial charge is 0.350 e. The highest BCUT2D eigenvalue weighted by molar-refractivity contribution is 5.18. The molecule has 0 N–H and O–H groups in total. The Balaban J connectivity index is 2.22. The molecule has 1 aromatic rings. The standard InChI is InChI=1S/C14H20O2/c1-4-11-10-15-14(2,3)16-13(11)12-8-6-5-7-9-12/h5-9,11,13H,4,10H2,1-3H3. The van der Waals surface area contributed by atoms with Crippen LogP contribution in [0.15, 0.2) is 30.3 Å². The van der Waals surface area contributed by atoms with Crippen molar-refractivity contribution in [3.05, 3.63) is 35.9 Å². The molecule has 1 saturated heterocycles. The minimum atomic E-state index is -0.466. The van der Waals surface area contributed by atoms with Crippen LogP contribution in [-0.2, 0) is 9.47 Å². The van der Waals surface area contributed by atoms with Gasteiger partial charge in [0.2, 0.25) is 0 Å². The second kappa shape index (κ2) is 4.56. The molecule has 0 amide bonds. The van der Waals surface area contributed by atoms with Gasteiger partial charge in [-0.3, -0.25) is 0 Å². The monoisotopic (exact) mass is 220 g/mol. The molecule has 88 valence electrons. The highest BCUT2D eigenvalue weighted by Gasteiger charge is 2.36. The smallest absolute Gasteiger partial charge is 0.163 e. The number of hydrogen-bond donors (Lipinski definition) is 0. The van der Waals surface area contributed by atoms with E-state index in [1.807, 2.05) is 19.9 Å². The van der Waals surface area contributed by atoms with Crippen LogP contribution >= 0.6 is 0 Å². The van der Waals surface area contributed by atoms with Gasteiger partial charge < -0.3 is 9.47 Å². The molecule has 0 aromatic heterocycles. The van der Waals surface area contributed by atoms with E-state index in [2.05, 4.69) is 31.2 Å². The first kappa shape index (κ1) is 11.6. The maximum Gasteiger partial charge on any atom is 0.163 e. The molecule has 0 radical (unpaired) electrons. The van der Waals surface area contributed by atoms with E-state index in [0.29, 0.717) is 5.92 Å². The van der Waals surface area contributed by atoms with Gasteiger partial charge in [-0.15, -0.1) is 0 Å². The van der Waals surface area contributed by atoms with Gasteiger partial charge in [0.25, 0.3) is 0 Å². The Morgan fingerprint density at radius 2 is 1.94 bits per heavy atom. The average Bonchev–Trinajstić information content (AvgIpc) is 2.29. The molecule has 2 rings (SSSR count). The van der Waals surface area contributed by atoms with Crippen molar-refractivity contribution in [2.75, 3.05) is 6.61 Å². The number of rotatable bonds is 2. The van der Waals surface area contributed by atoms with Gasteiger partial charge in [0.1, 0.15) is 0 Å². The zero-order valence-corrected chi connectivity index (χ0v) is 10.3. The summed E-state index contributed by atoms with van der Waals surface area (Å²) in [4.78, 5) is 0. The maximum atomic E-state index is 6.04. The van der Waals surface area contributed by atoms with Gasteiger partial charge in [-0.1, -0.05) is 37.3 Å². The summed E-state index contributed by atoms with van der Waals surface area (Å²) in [6.07, 6.45) is 1.24. The fourth-order valence-electron chi connectivity index (χ4n) is 2.15. The van der Waals surface area contributed by atoms with Crippen molar-refractivity contribution in [1.82, 2.24) is 0 Å². The Kier molecular flexibility index (Phi) is 3.31. The second-order valence-corrected chi connectivity index (χ2v) is 4.83. The first-order valence-corrected chi connectivity index (χ1v) is 5.99. The highest BCUT2D eigenvalue weighted by Crippen LogP contribution is 2.37. The van der Waals surface area contributed by atoms with Crippen molar-refractivity contribution in [2.24, 2.45) is 5.92 Å². The van der Waals surface area contributed by atoms with Crippen molar-refractivity contribution < 1.29 is 9.47 Å². The van der Waals surface area contributed by atoms with Gasteiger partial charge in [-0.05, 0) is 25.8 Å². The van der Waals surface area contributed by atoms with Crippen molar-refractivity contribution in [3.8, 4) is 0 Å². The molecular weight excluding hydrogens is 200 g/mol. The normalized spacial score (nSPS) is 28.9. The zero-order valence-electron chi connectivity index (χ0n) is 10.3. The molecule has 1 aromatic carbocycles. The fraction of sp³-hybridized carbons (Fsp3) is 0.571. The molecule has 2 nitrogen and oxygen atoms in total. The molecule has 16 heavy (non-hydrogen) atoms. The van der Waals surface area contributed by atoms with Crippen LogP contribution in [0.5, 0.6) is 0 Å². The predicted molar refractivity (Wildman–Crippen MR) is 64.1 cm³/mol. The number of benzene rings is 1. The van der Waals surface area contributed by atoms with E-state index < -0.39 is 5.79 Å². The molecular formula is C14H20O2. The summed E-state index contributed by atoms with van der Waals surface area (Å²) in [6, 6.07) is 10.4. The van der Waals surface area contributed by atoms with Gasteiger partial charge in [-0.25, -0.2) is 0 Å². The Hall–Kier alpha value is -0.860. The van der Waals surface area contributed by atoms with Gasteiger partial charge in [0.05, 0.1) is 12.7 Å². The van der Waals surface area contributed by atoms with Crippen molar-refractivity contribution in [2.45, 2.75) is 39.1 Å². The van der Waals surface area contributed by atoms with Crippen molar-refractivity contribution in [3.63, 3.8) is 0 Å². The molecule has 0 aliphatic carbocycles. The summed E-state index contributed by atoms with van der Waals surface area (Å²) < 4.78 is 11.7. The summed E-state index contributed by atoms with van der Waals surface area (Å²) in [5.74, 6) is -0.0120. The van der Waals surface area contributed by atoms with Gasteiger partial charge in [-0.2, -0.15) is 0 Å². The highest BCUT2D eigenvalue weighted by atomic mass is 16.7. The molecule has 1 fully saturated rings. The number of ether oxygens (including phenoxy) is 2. The first-order chi connectivity index (χ1) is 7.62. The third-order valence-corrected chi connectivity index (χ3v) is 3.14. The van der Waals surface area contributed by atoms with Gasteiger partial charge in [0.15, 0.2) is 5.79 Å². The lowest BCUT2D eigenvalue weighted by Crippen LogP contribution is -2.41. The minimum absolute atomic E-state index is 0.162. The Morgan fingerprint density at radius 1 is 1.25 bits per heavy atom. The average molecular weight is 220 g/mol. The molecule has 0 bridgehead atoms. The fourth-order valence-corrected chi connectivity index (χ4v) is 2.15. The van der Waals surface area contributed by atoms with E-state index >= 15 is 0 Å². The van der Waals surface area contributed by atoms with Crippen LogP contribution in [0.3, 0.4) is 0 Å². The second-order valence-electron chi connectivity index (χ2n) is 4.83. The molecule has 1 heterocycles. The zero-order chi connectivity index (χ0) is 11.6. The summed E-state index contributed by atoms with van der Waals surface area (Å²) in [6.45, 7) is 6.93. The Morgan fingerprint density at radius 3 is 2.56 bits per heavy atom. The first-order valence-electron chi connectivity index (χ1n) is 5.99. The lowest BCUT2D eigenvalue weighted by atomic mass is 9.92. The van der Waals surface area contributed by atoms with E-state index in [-0.39, 0.29) is 6.10 Å². The number of hydrogen-bond acceptors (Lipinski definition) is 2. The van der Waals surface area contributed by atoms with E-state index in [0.717, 1.165) is 13.0 Å². The van der Waals surface area contributed by atoms with E-state index in [9.17, 15) is 0 Å². The summed E-state index contributed by atoms with van der Waals surface area (Å²) in [5.41, 5.74) is 1.26. The molecule has 2 unspecified atom stereocenters. The third-order valence-electron chi connectivity index (χ3n) is 3.14. The van der Waals surface area contributed by atoms with Crippen LogP contribution < -0.4 is 0 Å². The maximum absolute atomic E-state index is 6.04. The summed E-state index contributed by atoms with van der Waals surface area (Å²) >= 11 is 0. The molecule has 0 saturated carbocycles. The van der Waals surface area contributed by atoms with Crippen LogP contribution in [0.4, 0.5) is 0 Å². The van der Waals surface area contributed by atoms with Crippen molar-refractivity contribution in [1.29, 1.82) is 0 Å². The van der Waals surface area contributed by atoms with E-state index in [1.54, 1.807) is 0 Å². The molecule has 2 atom stereocenters. The SMILES string of the molecule is CCC1COC(C)(C)OC1c1ccccc1. The topological polar surface area (TPSA) is 18.5 Å². The van der Waals surface area contributed by atoms with Crippen LogP contribution in [0.25, 0.3) is 0 Å². The van der Waals surface area contributed by atoms with E-state index in [1.165, 1.54) is 5.56 Å².